The van der Waals surface area contributed by atoms with Gasteiger partial charge < -0.3 is 9.72 Å². The first-order valence-corrected chi connectivity index (χ1v) is 5.54. The highest BCUT2D eigenvalue weighted by molar-refractivity contribution is 6.28. The third kappa shape index (κ3) is 2.41. The summed E-state index contributed by atoms with van der Waals surface area (Å²) in [5, 5.41) is 0.152. The summed E-state index contributed by atoms with van der Waals surface area (Å²) < 4.78 is 5.56. The van der Waals surface area contributed by atoms with E-state index in [1.807, 2.05) is 0 Å². The lowest BCUT2D eigenvalue weighted by molar-refractivity contribution is 0.282. The van der Waals surface area contributed by atoms with Gasteiger partial charge in [-0.3, -0.25) is 0 Å². The molecule has 0 saturated heterocycles. The lowest BCUT2D eigenvalue weighted by Gasteiger charge is -2.07. The fourth-order valence-corrected chi connectivity index (χ4v) is 1.43. The van der Waals surface area contributed by atoms with Gasteiger partial charge in [0.15, 0.2) is 5.65 Å². The Morgan fingerprint density at radius 2 is 2.25 bits per heavy atom. The van der Waals surface area contributed by atoms with E-state index in [-0.39, 0.29) is 5.28 Å². The molecule has 6 heteroatoms. The highest BCUT2D eigenvalue weighted by Gasteiger charge is 2.09. The molecule has 86 valence electrons. The molecule has 0 saturated carbocycles. The molecule has 0 amide bonds. The van der Waals surface area contributed by atoms with E-state index in [4.69, 9.17) is 16.3 Å². The fraction of sp³-hybridized carbons (Fsp3) is 0.500. The summed E-state index contributed by atoms with van der Waals surface area (Å²) in [5.74, 6) is 1.06. The van der Waals surface area contributed by atoms with E-state index < -0.39 is 0 Å². The summed E-state index contributed by atoms with van der Waals surface area (Å²) in [6.07, 6.45) is 2.52. The first-order chi connectivity index (χ1) is 7.66. The number of fused-ring (bicyclic) bond motifs is 1. The van der Waals surface area contributed by atoms with E-state index in [1.165, 1.54) is 0 Å². The number of aromatic amines is 1. The van der Waals surface area contributed by atoms with E-state index in [0.717, 1.165) is 6.42 Å². The van der Waals surface area contributed by atoms with Crippen molar-refractivity contribution in [1.82, 2.24) is 19.9 Å². The number of hydrogen-bond donors (Lipinski definition) is 1. The summed E-state index contributed by atoms with van der Waals surface area (Å²) in [4.78, 5) is 14.9. The second-order valence-corrected chi connectivity index (χ2v) is 4.27. The number of imidazole rings is 1. The quantitative estimate of drug-likeness (QED) is 0.834. The van der Waals surface area contributed by atoms with Crippen molar-refractivity contribution in [2.45, 2.75) is 20.3 Å². The normalized spacial score (nSPS) is 11.2. The lowest BCUT2D eigenvalue weighted by Crippen LogP contribution is -2.03. The Morgan fingerprint density at radius 1 is 1.44 bits per heavy atom. The molecule has 0 bridgehead atoms. The van der Waals surface area contributed by atoms with Gasteiger partial charge in [0.2, 0.25) is 11.2 Å². The molecule has 0 fully saturated rings. The van der Waals surface area contributed by atoms with Crippen molar-refractivity contribution in [3.05, 3.63) is 11.6 Å². The zero-order valence-electron chi connectivity index (χ0n) is 9.20. The molecule has 2 heterocycles. The maximum atomic E-state index is 5.77. The second-order valence-electron chi connectivity index (χ2n) is 3.93. The van der Waals surface area contributed by atoms with E-state index in [0.29, 0.717) is 29.6 Å². The molecular weight excluding hydrogens is 228 g/mol. The highest BCUT2D eigenvalue weighted by Crippen LogP contribution is 2.21. The molecule has 0 unspecified atom stereocenters. The van der Waals surface area contributed by atoms with Gasteiger partial charge >= 0.3 is 0 Å². The van der Waals surface area contributed by atoms with Crippen LogP contribution in [0, 0.1) is 5.92 Å². The molecule has 1 N–H and O–H groups in total. The molecule has 5 nitrogen and oxygen atoms in total. The maximum Gasteiger partial charge on any atom is 0.244 e. The third-order valence-electron chi connectivity index (χ3n) is 2.16. The van der Waals surface area contributed by atoms with Crippen LogP contribution in [0.25, 0.3) is 11.2 Å². The van der Waals surface area contributed by atoms with E-state index in [9.17, 15) is 0 Å². The zero-order valence-corrected chi connectivity index (χ0v) is 9.95. The number of nitrogens with zero attached hydrogens (tertiary/aromatic N) is 3. The fourth-order valence-electron chi connectivity index (χ4n) is 1.28. The van der Waals surface area contributed by atoms with Crippen LogP contribution < -0.4 is 4.74 Å². The van der Waals surface area contributed by atoms with Crippen LogP contribution in [0.15, 0.2) is 6.33 Å². The van der Waals surface area contributed by atoms with Crippen LogP contribution in [-0.4, -0.2) is 26.5 Å². The van der Waals surface area contributed by atoms with Gasteiger partial charge in [-0.05, 0) is 23.9 Å². The average molecular weight is 241 g/mol. The maximum absolute atomic E-state index is 5.77. The van der Waals surface area contributed by atoms with Crippen LogP contribution in [0.1, 0.15) is 20.3 Å². The molecule has 0 aromatic carbocycles. The van der Waals surface area contributed by atoms with Crippen molar-refractivity contribution in [1.29, 1.82) is 0 Å². The van der Waals surface area contributed by atoms with Gasteiger partial charge in [0.1, 0.15) is 5.52 Å². The molecule has 0 aliphatic heterocycles. The standard InChI is InChI=1S/C10H13ClN4O/c1-6(2)3-4-16-9-7-8(13-5-12-7)14-10(11)15-9/h5-6H,3-4H2,1-2H3,(H,12,13,14,15). The minimum Gasteiger partial charge on any atom is -0.476 e. The molecule has 0 aliphatic rings. The summed E-state index contributed by atoms with van der Waals surface area (Å²) in [7, 11) is 0. The van der Waals surface area contributed by atoms with Gasteiger partial charge in [-0.15, -0.1) is 0 Å². The number of H-pyrrole nitrogens is 1. The van der Waals surface area contributed by atoms with Crippen LogP contribution in [-0.2, 0) is 0 Å². The minimum absolute atomic E-state index is 0.152. The minimum atomic E-state index is 0.152. The molecule has 16 heavy (non-hydrogen) atoms. The van der Waals surface area contributed by atoms with Crippen LogP contribution in [0.4, 0.5) is 0 Å². The summed E-state index contributed by atoms with van der Waals surface area (Å²) in [6, 6.07) is 0. The molecule has 2 aromatic heterocycles. The largest absolute Gasteiger partial charge is 0.476 e. The number of nitrogens with one attached hydrogen (secondary N) is 1. The van der Waals surface area contributed by atoms with Crippen molar-refractivity contribution < 1.29 is 4.74 Å². The summed E-state index contributed by atoms with van der Waals surface area (Å²) in [5.41, 5.74) is 1.22. The SMILES string of the molecule is CC(C)CCOc1nc(Cl)nc2nc[nH]c12. The zero-order chi connectivity index (χ0) is 11.5. The highest BCUT2D eigenvalue weighted by atomic mass is 35.5. The molecule has 2 rings (SSSR count). The number of ether oxygens (including phenoxy) is 1. The van der Waals surface area contributed by atoms with E-state index >= 15 is 0 Å². The topological polar surface area (TPSA) is 63.7 Å². The Kier molecular flexibility index (Phi) is 3.24. The molecule has 0 atom stereocenters. The van der Waals surface area contributed by atoms with Crippen LogP contribution in [0.5, 0.6) is 5.88 Å². The van der Waals surface area contributed by atoms with Crippen molar-refractivity contribution in [3.8, 4) is 5.88 Å². The van der Waals surface area contributed by atoms with Crippen LogP contribution >= 0.6 is 11.6 Å². The Morgan fingerprint density at radius 3 is 3.00 bits per heavy atom. The van der Waals surface area contributed by atoms with Crippen molar-refractivity contribution in [2.75, 3.05) is 6.61 Å². The Balaban J connectivity index is 2.19. The smallest absolute Gasteiger partial charge is 0.244 e. The van der Waals surface area contributed by atoms with Crippen LogP contribution in [0.3, 0.4) is 0 Å². The first kappa shape index (κ1) is 11.1. The summed E-state index contributed by atoms with van der Waals surface area (Å²) in [6.45, 7) is 4.89. The Labute approximate surface area is 98.2 Å². The molecule has 0 spiro atoms. The van der Waals surface area contributed by atoms with E-state index in [1.54, 1.807) is 6.33 Å². The number of rotatable bonds is 4. The second kappa shape index (κ2) is 4.65. The predicted octanol–water partition coefficient (Wildman–Crippen LogP) is 2.43. The van der Waals surface area contributed by atoms with E-state index in [2.05, 4.69) is 33.8 Å². The van der Waals surface area contributed by atoms with Crippen molar-refractivity contribution >= 4 is 22.8 Å². The van der Waals surface area contributed by atoms with Crippen molar-refractivity contribution in [2.24, 2.45) is 5.92 Å². The van der Waals surface area contributed by atoms with Gasteiger partial charge in [-0.25, -0.2) is 4.98 Å². The predicted molar refractivity (Wildman–Crippen MR) is 61.6 cm³/mol. The first-order valence-electron chi connectivity index (χ1n) is 5.16. The number of aromatic nitrogens is 4. The van der Waals surface area contributed by atoms with Gasteiger partial charge in [0.05, 0.1) is 12.9 Å². The van der Waals surface area contributed by atoms with Gasteiger partial charge in [-0.2, -0.15) is 9.97 Å². The van der Waals surface area contributed by atoms with Crippen LogP contribution in [0.2, 0.25) is 5.28 Å². The Bertz CT molecular complexity index is 483. The van der Waals surface area contributed by atoms with Gasteiger partial charge in [0.25, 0.3) is 0 Å². The molecule has 0 aliphatic carbocycles. The average Bonchev–Trinajstić information content (AvgIpc) is 2.64. The molecule has 2 aromatic rings. The third-order valence-corrected chi connectivity index (χ3v) is 2.33. The van der Waals surface area contributed by atoms with Gasteiger partial charge in [0, 0.05) is 0 Å². The number of halogens is 1. The summed E-state index contributed by atoms with van der Waals surface area (Å²) >= 11 is 5.77. The lowest BCUT2D eigenvalue weighted by atomic mass is 10.1. The van der Waals surface area contributed by atoms with Crippen molar-refractivity contribution in [3.63, 3.8) is 0 Å². The molecule has 0 radical (unpaired) electrons. The Hall–Kier alpha value is -1.36. The monoisotopic (exact) mass is 240 g/mol. The van der Waals surface area contributed by atoms with Gasteiger partial charge in [-0.1, -0.05) is 13.8 Å². The number of hydrogen-bond acceptors (Lipinski definition) is 4. The molecular formula is C10H13ClN4O.